The summed E-state index contributed by atoms with van der Waals surface area (Å²) in [7, 11) is 0. The Morgan fingerprint density at radius 3 is 2.04 bits per heavy atom. The van der Waals surface area contributed by atoms with E-state index in [-0.39, 0.29) is 30.3 Å². The highest BCUT2D eigenvalue weighted by atomic mass is 19.1. The second-order valence-corrected chi connectivity index (χ2v) is 5.02. The Morgan fingerprint density at radius 1 is 0.957 bits per heavy atom. The van der Waals surface area contributed by atoms with Gasteiger partial charge in [-0.05, 0) is 48.9 Å². The molecule has 0 unspecified atom stereocenters. The summed E-state index contributed by atoms with van der Waals surface area (Å²) in [6.07, 6.45) is 0. The highest BCUT2D eigenvalue weighted by Gasteiger charge is 2.08. The number of hydrogen-bond donors (Lipinski definition) is 3. The second kappa shape index (κ2) is 7.40. The number of aromatic hydroxyl groups is 1. The number of aryl methyl sites for hydroxylation is 1. The highest BCUT2D eigenvalue weighted by Crippen LogP contribution is 2.10. The van der Waals surface area contributed by atoms with E-state index < -0.39 is 11.7 Å². The van der Waals surface area contributed by atoms with Crippen molar-refractivity contribution in [1.29, 1.82) is 0 Å². The number of halogens is 1. The van der Waals surface area contributed by atoms with Gasteiger partial charge in [0.25, 0.3) is 11.8 Å². The van der Waals surface area contributed by atoms with E-state index in [0.717, 1.165) is 0 Å². The Balaban J connectivity index is 1.78. The number of amides is 2. The summed E-state index contributed by atoms with van der Waals surface area (Å²) >= 11 is 0. The minimum atomic E-state index is -0.432. The third kappa shape index (κ3) is 4.54. The average Bonchev–Trinajstić information content (AvgIpc) is 2.54. The predicted octanol–water partition coefficient (Wildman–Crippen LogP) is 2.00. The van der Waals surface area contributed by atoms with E-state index in [0.29, 0.717) is 11.1 Å². The molecule has 0 heterocycles. The smallest absolute Gasteiger partial charge is 0.251 e. The fourth-order valence-corrected chi connectivity index (χ4v) is 1.90. The standard InChI is InChI=1S/C17H17FN2O3/c1-11-2-3-13(10-15(11)18)17(23)20-9-8-19-16(22)12-4-6-14(21)7-5-12/h2-7,10,21H,8-9H2,1H3,(H,19,22)(H,20,23). The van der Waals surface area contributed by atoms with Crippen LogP contribution in [0, 0.1) is 12.7 Å². The molecule has 2 rings (SSSR count). The van der Waals surface area contributed by atoms with Crippen molar-refractivity contribution in [1.82, 2.24) is 10.6 Å². The van der Waals surface area contributed by atoms with Gasteiger partial charge in [0.2, 0.25) is 0 Å². The van der Waals surface area contributed by atoms with Gasteiger partial charge in [-0.3, -0.25) is 9.59 Å². The van der Waals surface area contributed by atoms with Gasteiger partial charge in [0.05, 0.1) is 0 Å². The van der Waals surface area contributed by atoms with Crippen LogP contribution in [0.5, 0.6) is 5.75 Å². The van der Waals surface area contributed by atoms with E-state index >= 15 is 0 Å². The number of phenols is 1. The molecule has 23 heavy (non-hydrogen) atoms. The van der Waals surface area contributed by atoms with Gasteiger partial charge in [-0.25, -0.2) is 4.39 Å². The number of phenolic OH excluding ortho intramolecular Hbond substituents is 1. The van der Waals surface area contributed by atoms with Crippen molar-refractivity contribution in [2.75, 3.05) is 13.1 Å². The van der Waals surface area contributed by atoms with Crippen LogP contribution in [0.1, 0.15) is 26.3 Å². The van der Waals surface area contributed by atoms with Crippen molar-refractivity contribution < 1.29 is 19.1 Å². The summed E-state index contributed by atoms with van der Waals surface area (Å²) < 4.78 is 13.4. The van der Waals surface area contributed by atoms with Crippen molar-refractivity contribution in [3.8, 4) is 5.75 Å². The largest absolute Gasteiger partial charge is 0.508 e. The first-order chi connectivity index (χ1) is 11.0. The lowest BCUT2D eigenvalue weighted by molar-refractivity contribution is 0.0927. The Morgan fingerprint density at radius 2 is 1.48 bits per heavy atom. The number of hydrogen-bond acceptors (Lipinski definition) is 3. The molecule has 3 N–H and O–H groups in total. The molecule has 0 aliphatic heterocycles. The lowest BCUT2D eigenvalue weighted by atomic mass is 10.1. The fraction of sp³-hybridized carbons (Fsp3) is 0.176. The van der Waals surface area contributed by atoms with Crippen LogP contribution in [-0.2, 0) is 0 Å². The first-order valence-electron chi connectivity index (χ1n) is 7.09. The molecule has 0 atom stereocenters. The van der Waals surface area contributed by atoms with Crippen LogP contribution in [0.15, 0.2) is 42.5 Å². The molecule has 0 aliphatic carbocycles. The molecule has 0 bridgehead atoms. The number of rotatable bonds is 5. The van der Waals surface area contributed by atoms with Crippen molar-refractivity contribution in [3.63, 3.8) is 0 Å². The molecule has 120 valence electrons. The molecular weight excluding hydrogens is 299 g/mol. The molecule has 0 aliphatic rings. The van der Waals surface area contributed by atoms with Gasteiger partial charge in [-0.15, -0.1) is 0 Å². The van der Waals surface area contributed by atoms with Gasteiger partial charge >= 0.3 is 0 Å². The quantitative estimate of drug-likeness (QED) is 0.738. The van der Waals surface area contributed by atoms with Crippen LogP contribution < -0.4 is 10.6 Å². The monoisotopic (exact) mass is 316 g/mol. The maximum absolute atomic E-state index is 13.4. The summed E-state index contributed by atoms with van der Waals surface area (Å²) in [6.45, 7) is 2.08. The van der Waals surface area contributed by atoms with E-state index in [9.17, 15) is 14.0 Å². The third-order valence-electron chi connectivity index (χ3n) is 3.26. The van der Waals surface area contributed by atoms with Crippen molar-refractivity contribution >= 4 is 11.8 Å². The van der Waals surface area contributed by atoms with Gasteiger partial charge in [0, 0.05) is 24.2 Å². The normalized spacial score (nSPS) is 10.2. The molecule has 2 aromatic rings. The zero-order valence-corrected chi connectivity index (χ0v) is 12.6. The van der Waals surface area contributed by atoms with Crippen LogP contribution in [0.4, 0.5) is 4.39 Å². The Labute approximate surface area is 133 Å². The molecule has 5 nitrogen and oxygen atoms in total. The molecule has 0 radical (unpaired) electrons. The molecule has 0 saturated carbocycles. The van der Waals surface area contributed by atoms with Crippen LogP contribution in [0.3, 0.4) is 0 Å². The van der Waals surface area contributed by atoms with E-state index in [1.807, 2.05) is 0 Å². The molecule has 0 aromatic heterocycles. The van der Waals surface area contributed by atoms with Gasteiger partial charge in [0.15, 0.2) is 0 Å². The Bertz CT molecular complexity index is 714. The fourth-order valence-electron chi connectivity index (χ4n) is 1.90. The molecule has 0 fully saturated rings. The second-order valence-electron chi connectivity index (χ2n) is 5.02. The summed E-state index contributed by atoms with van der Waals surface area (Å²) in [5, 5.41) is 14.4. The van der Waals surface area contributed by atoms with E-state index in [4.69, 9.17) is 5.11 Å². The zero-order valence-electron chi connectivity index (χ0n) is 12.6. The van der Waals surface area contributed by atoms with Crippen molar-refractivity contribution in [3.05, 3.63) is 65.0 Å². The minimum absolute atomic E-state index is 0.0825. The lowest BCUT2D eigenvalue weighted by Gasteiger charge is -2.08. The lowest BCUT2D eigenvalue weighted by Crippen LogP contribution is -2.34. The molecule has 0 spiro atoms. The summed E-state index contributed by atoms with van der Waals surface area (Å²) in [5.74, 6) is -1.05. The highest BCUT2D eigenvalue weighted by molar-refractivity contribution is 5.95. The molecule has 0 saturated heterocycles. The predicted molar refractivity (Wildman–Crippen MR) is 83.9 cm³/mol. The average molecular weight is 316 g/mol. The van der Waals surface area contributed by atoms with Gasteiger partial charge in [-0.1, -0.05) is 6.07 Å². The Hall–Kier alpha value is -2.89. The van der Waals surface area contributed by atoms with Gasteiger partial charge in [0.1, 0.15) is 11.6 Å². The third-order valence-corrected chi connectivity index (χ3v) is 3.26. The maximum atomic E-state index is 13.4. The number of carbonyl (C=O) groups is 2. The summed E-state index contributed by atoms with van der Waals surface area (Å²) in [6, 6.07) is 10.1. The van der Waals surface area contributed by atoms with Crippen LogP contribution in [0.2, 0.25) is 0 Å². The van der Waals surface area contributed by atoms with Crippen LogP contribution in [-0.4, -0.2) is 30.0 Å². The summed E-state index contributed by atoms with van der Waals surface area (Å²) in [4.78, 5) is 23.6. The number of benzene rings is 2. The van der Waals surface area contributed by atoms with Crippen molar-refractivity contribution in [2.24, 2.45) is 0 Å². The molecule has 6 heteroatoms. The van der Waals surface area contributed by atoms with E-state index in [1.165, 1.54) is 36.4 Å². The summed E-state index contributed by atoms with van der Waals surface area (Å²) in [5.41, 5.74) is 1.12. The van der Waals surface area contributed by atoms with Gasteiger partial charge in [-0.2, -0.15) is 0 Å². The van der Waals surface area contributed by atoms with Crippen LogP contribution >= 0.6 is 0 Å². The Kier molecular flexibility index (Phi) is 5.30. The topological polar surface area (TPSA) is 78.4 Å². The molecular formula is C17H17FN2O3. The molecule has 2 amide bonds. The van der Waals surface area contributed by atoms with Crippen LogP contribution in [0.25, 0.3) is 0 Å². The number of carbonyl (C=O) groups excluding carboxylic acids is 2. The zero-order chi connectivity index (χ0) is 16.8. The van der Waals surface area contributed by atoms with E-state index in [1.54, 1.807) is 13.0 Å². The SMILES string of the molecule is Cc1ccc(C(=O)NCCNC(=O)c2ccc(O)cc2)cc1F. The first kappa shape index (κ1) is 16.5. The first-order valence-corrected chi connectivity index (χ1v) is 7.09. The molecule has 2 aromatic carbocycles. The van der Waals surface area contributed by atoms with Gasteiger partial charge < -0.3 is 15.7 Å². The minimum Gasteiger partial charge on any atom is -0.508 e. The van der Waals surface area contributed by atoms with Crippen molar-refractivity contribution in [2.45, 2.75) is 6.92 Å². The van der Waals surface area contributed by atoms with E-state index in [2.05, 4.69) is 10.6 Å². The number of nitrogens with one attached hydrogen (secondary N) is 2. The maximum Gasteiger partial charge on any atom is 0.251 e.